The molecule has 2 atom stereocenters. The van der Waals surface area contributed by atoms with Crippen LogP contribution in [-0.2, 0) is 19.1 Å². The Morgan fingerprint density at radius 1 is 1.62 bits per heavy atom. The lowest BCUT2D eigenvalue weighted by Gasteiger charge is -2.26. The second-order valence-electron chi connectivity index (χ2n) is 4.06. The van der Waals surface area contributed by atoms with Crippen molar-refractivity contribution in [3.05, 3.63) is 0 Å². The van der Waals surface area contributed by atoms with Gasteiger partial charge in [0.15, 0.2) is 5.54 Å². The van der Waals surface area contributed by atoms with Gasteiger partial charge in [0.05, 0.1) is 6.61 Å². The van der Waals surface area contributed by atoms with Crippen molar-refractivity contribution in [1.29, 1.82) is 0 Å². The smallest absolute Gasteiger partial charge is 0.331 e. The lowest BCUT2D eigenvalue weighted by atomic mass is 10.0. The van der Waals surface area contributed by atoms with Gasteiger partial charge in [0.2, 0.25) is 5.91 Å². The number of hydrogen-bond acceptors (Lipinski definition) is 4. The van der Waals surface area contributed by atoms with Crippen molar-refractivity contribution in [3.8, 4) is 0 Å². The molecule has 6 heteroatoms. The maximum absolute atomic E-state index is 11.7. The molecule has 1 heterocycles. The average Bonchev–Trinajstić information content (AvgIpc) is 2.70. The summed E-state index contributed by atoms with van der Waals surface area (Å²) in [6, 6.07) is 0. The van der Waals surface area contributed by atoms with E-state index in [2.05, 4.69) is 5.32 Å². The van der Waals surface area contributed by atoms with Crippen molar-refractivity contribution in [2.45, 2.75) is 31.4 Å². The van der Waals surface area contributed by atoms with Crippen LogP contribution in [0.25, 0.3) is 0 Å². The van der Waals surface area contributed by atoms with Gasteiger partial charge in [0.25, 0.3) is 0 Å². The first-order valence-electron chi connectivity index (χ1n) is 5.15. The molecule has 0 spiro atoms. The number of carbonyl (C=O) groups is 2. The van der Waals surface area contributed by atoms with Gasteiger partial charge in [-0.2, -0.15) is 0 Å². The number of methoxy groups -OCH3 is 1. The SMILES string of the molecule is COCC(C)(NC(=O)C1CCCO1)C(=O)O. The molecule has 92 valence electrons. The van der Waals surface area contributed by atoms with Crippen molar-refractivity contribution < 1.29 is 24.2 Å². The Balaban J connectivity index is 2.60. The fourth-order valence-electron chi connectivity index (χ4n) is 1.58. The number of carboxylic acid groups (broad SMARTS) is 1. The maximum Gasteiger partial charge on any atom is 0.331 e. The van der Waals surface area contributed by atoms with E-state index in [4.69, 9.17) is 14.6 Å². The van der Waals surface area contributed by atoms with Crippen LogP contribution in [0, 0.1) is 0 Å². The molecule has 1 aliphatic rings. The van der Waals surface area contributed by atoms with Gasteiger partial charge in [-0.05, 0) is 19.8 Å². The van der Waals surface area contributed by atoms with Gasteiger partial charge >= 0.3 is 5.97 Å². The Morgan fingerprint density at radius 3 is 2.75 bits per heavy atom. The minimum atomic E-state index is -1.40. The molecule has 2 unspecified atom stereocenters. The van der Waals surface area contributed by atoms with Crippen molar-refractivity contribution in [3.63, 3.8) is 0 Å². The molecule has 0 aromatic carbocycles. The van der Waals surface area contributed by atoms with Crippen molar-refractivity contribution in [2.24, 2.45) is 0 Å². The summed E-state index contributed by atoms with van der Waals surface area (Å²) in [4.78, 5) is 22.7. The number of amides is 1. The number of ether oxygens (including phenoxy) is 2. The molecule has 1 amide bonds. The molecule has 1 rings (SSSR count). The Labute approximate surface area is 93.9 Å². The maximum atomic E-state index is 11.7. The lowest BCUT2D eigenvalue weighted by molar-refractivity contribution is -0.151. The van der Waals surface area contributed by atoms with E-state index in [1.165, 1.54) is 14.0 Å². The number of nitrogens with one attached hydrogen (secondary N) is 1. The minimum absolute atomic E-state index is 0.0825. The largest absolute Gasteiger partial charge is 0.479 e. The van der Waals surface area contributed by atoms with Gasteiger partial charge in [-0.3, -0.25) is 4.79 Å². The van der Waals surface area contributed by atoms with Crippen LogP contribution in [0.15, 0.2) is 0 Å². The van der Waals surface area contributed by atoms with Crippen molar-refractivity contribution in [2.75, 3.05) is 20.3 Å². The van der Waals surface area contributed by atoms with E-state index in [-0.39, 0.29) is 12.5 Å². The zero-order chi connectivity index (χ0) is 12.2. The summed E-state index contributed by atoms with van der Waals surface area (Å²) in [6.45, 7) is 1.87. The Bertz CT molecular complexity index is 274. The van der Waals surface area contributed by atoms with E-state index < -0.39 is 17.6 Å². The molecule has 2 N–H and O–H groups in total. The highest BCUT2D eigenvalue weighted by Crippen LogP contribution is 2.14. The summed E-state index contributed by atoms with van der Waals surface area (Å²) in [7, 11) is 1.39. The molecule has 1 saturated heterocycles. The standard InChI is InChI=1S/C10H17NO5/c1-10(6-15-2,9(13)14)11-8(12)7-4-3-5-16-7/h7H,3-6H2,1-2H3,(H,11,12)(H,13,14). The van der Waals surface area contributed by atoms with Crippen LogP contribution < -0.4 is 5.32 Å². The predicted octanol–water partition coefficient (Wildman–Crippen LogP) is -0.229. The lowest BCUT2D eigenvalue weighted by Crippen LogP contribution is -2.57. The molecule has 0 saturated carbocycles. The van der Waals surface area contributed by atoms with Crippen LogP contribution in [0.5, 0.6) is 0 Å². The topological polar surface area (TPSA) is 84.9 Å². The molecule has 0 aromatic rings. The van der Waals surface area contributed by atoms with E-state index in [9.17, 15) is 9.59 Å². The number of hydrogen-bond donors (Lipinski definition) is 2. The van der Waals surface area contributed by atoms with Crippen LogP contribution in [0.1, 0.15) is 19.8 Å². The summed E-state index contributed by atoms with van der Waals surface area (Å²) in [5, 5.41) is 11.5. The van der Waals surface area contributed by atoms with Crippen LogP contribution in [0.4, 0.5) is 0 Å². The summed E-state index contributed by atoms with van der Waals surface area (Å²) in [6.07, 6.45) is 0.927. The van der Waals surface area contributed by atoms with Gasteiger partial charge in [0, 0.05) is 13.7 Å². The van der Waals surface area contributed by atoms with E-state index >= 15 is 0 Å². The fraction of sp³-hybridized carbons (Fsp3) is 0.800. The van der Waals surface area contributed by atoms with Gasteiger partial charge < -0.3 is 19.9 Å². The monoisotopic (exact) mass is 231 g/mol. The molecule has 1 fully saturated rings. The highest BCUT2D eigenvalue weighted by Gasteiger charge is 2.37. The third-order valence-corrected chi connectivity index (χ3v) is 2.53. The molecule has 0 aromatic heterocycles. The molecule has 6 nitrogen and oxygen atoms in total. The summed E-state index contributed by atoms with van der Waals surface area (Å²) < 4.78 is 9.97. The molecular formula is C10H17NO5. The van der Waals surface area contributed by atoms with Crippen molar-refractivity contribution in [1.82, 2.24) is 5.32 Å². The molecule has 0 radical (unpaired) electrons. The van der Waals surface area contributed by atoms with Crippen LogP contribution in [-0.4, -0.2) is 48.9 Å². The number of carbonyl (C=O) groups excluding carboxylic acids is 1. The van der Waals surface area contributed by atoms with Crippen LogP contribution in [0.3, 0.4) is 0 Å². The minimum Gasteiger partial charge on any atom is -0.479 e. The quantitative estimate of drug-likeness (QED) is 0.682. The van der Waals surface area contributed by atoms with Gasteiger partial charge in [-0.1, -0.05) is 0 Å². The first kappa shape index (κ1) is 12.9. The summed E-state index contributed by atoms with van der Waals surface area (Å²) >= 11 is 0. The second-order valence-corrected chi connectivity index (χ2v) is 4.06. The number of aliphatic carboxylic acids is 1. The zero-order valence-electron chi connectivity index (χ0n) is 9.49. The van der Waals surface area contributed by atoms with Gasteiger partial charge in [-0.15, -0.1) is 0 Å². The average molecular weight is 231 g/mol. The molecule has 1 aliphatic heterocycles. The van der Waals surface area contributed by atoms with Crippen molar-refractivity contribution >= 4 is 11.9 Å². The van der Waals surface area contributed by atoms with Crippen LogP contribution >= 0.6 is 0 Å². The normalized spacial score (nSPS) is 23.8. The summed E-state index contributed by atoms with van der Waals surface area (Å²) in [5.74, 6) is -1.51. The second kappa shape index (κ2) is 5.27. The fourth-order valence-corrected chi connectivity index (χ4v) is 1.58. The Kier molecular flexibility index (Phi) is 4.26. The third-order valence-electron chi connectivity index (χ3n) is 2.53. The van der Waals surface area contributed by atoms with E-state index in [0.717, 1.165) is 6.42 Å². The zero-order valence-corrected chi connectivity index (χ0v) is 9.49. The summed E-state index contributed by atoms with van der Waals surface area (Å²) in [5.41, 5.74) is -1.40. The molecular weight excluding hydrogens is 214 g/mol. The predicted molar refractivity (Wildman–Crippen MR) is 55.0 cm³/mol. The molecule has 0 aliphatic carbocycles. The first-order valence-corrected chi connectivity index (χ1v) is 5.15. The van der Waals surface area contributed by atoms with Gasteiger partial charge in [0.1, 0.15) is 6.10 Å². The molecule has 16 heavy (non-hydrogen) atoms. The van der Waals surface area contributed by atoms with Gasteiger partial charge in [-0.25, -0.2) is 4.79 Å². The third kappa shape index (κ3) is 2.93. The highest BCUT2D eigenvalue weighted by molar-refractivity contribution is 5.89. The van der Waals surface area contributed by atoms with E-state index in [0.29, 0.717) is 13.0 Å². The molecule has 0 bridgehead atoms. The Morgan fingerprint density at radius 2 is 2.31 bits per heavy atom. The number of rotatable bonds is 5. The number of carboxylic acids is 1. The van der Waals surface area contributed by atoms with E-state index in [1.54, 1.807) is 0 Å². The first-order chi connectivity index (χ1) is 7.49. The van der Waals surface area contributed by atoms with E-state index in [1.807, 2.05) is 0 Å². The highest BCUT2D eigenvalue weighted by atomic mass is 16.5. The Hall–Kier alpha value is -1.14. The van der Waals surface area contributed by atoms with Crippen LogP contribution in [0.2, 0.25) is 0 Å².